The molecule has 0 saturated heterocycles. The Morgan fingerprint density at radius 1 is 1.29 bits per heavy atom. The second-order valence-electron chi connectivity index (χ2n) is 3.33. The Kier molecular flexibility index (Phi) is 6.46. The quantitative estimate of drug-likeness (QED) is 0.585. The largest absolute Gasteiger partial charge is 0.461 e. The van der Waals surface area contributed by atoms with Gasteiger partial charge in [-0.2, -0.15) is 0 Å². The molecule has 1 rings (SSSR count). The normalized spacial score (nSPS) is 12.1. The number of hydrogen-bond acceptors (Lipinski definition) is 4. The first-order chi connectivity index (χ1) is 8.18. The molecule has 1 aromatic rings. The highest BCUT2D eigenvalue weighted by Gasteiger charge is 2.03. The van der Waals surface area contributed by atoms with Crippen molar-refractivity contribution >= 4 is 17.2 Å². The van der Waals surface area contributed by atoms with Gasteiger partial charge in [0.25, 0.3) is 0 Å². The smallest absolute Gasteiger partial charge is 0.306 e. The molecule has 0 saturated carbocycles. The van der Waals surface area contributed by atoms with Crippen LogP contribution < -0.4 is 5.14 Å². The van der Waals surface area contributed by atoms with E-state index in [0.717, 1.165) is 5.56 Å². The van der Waals surface area contributed by atoms with Crippen molar-refractivity contribution in [1.82, 2.24) is 0 Å². The van der Waals surface area contributed by atoms with Gasteiger partial charge in [0.05, 0.1) is 6.61 Å². The molecule has 94 valence electrons. The van der Waals surface area contributed by atoms with E-state index in [9.17, 15) is 9.00 Å². The molecule has 1 unspecified atom stereocenters. The van der Waals surface area contributed by atoms with Crippen LogP contribution in [0.1, 0.15) is 18.4 Å². The second kappa shape index (κ2) is 7.94. The lowest BCUT2D eigenvalue weighted by molar-refractivity contribution is -0.145. The van der Waals surface area contributed by atoms with Crippen molar-refractivity contribution in [2.24, 2.45) is 5.14 Å². The Balaban J connectivity index is 2.11. The topological polar surface area (TPSA) is 78.6 Å². The Labute approximate surface area is 103 Å². The summed E-state index contributed by atoms with van der Waals surface area (Å²) in [5.41, 5.74) is 0.945. The lowest BCUT2D eigenvalue weighted by Gasteiger charge is -2.04. The van der Waals surface area contributed by atoms with Gasteiger partial charge in [-0.25, -0.2) is 9.35 Å². The van der Waals surface area contributed by atoms with Crippen LogP contribution in [0.15, 0.2) is 30.3 Å². The number of rotatable bonds is 7. The zero-order chi connectivity index (χ0) is 12.5. The van der Waals surface area contributed by atoms with Crippen LogP contribution in [-0.4, -0.2) is 16.8 Å². The fourth-order valence-corrected chi connectivity index (χ4v) is 1.45. The zero-order valence-electron chi connectivity index (χ0n) is 9.33. The van der Waals surface area contributed by atoms with Gasteiger partial charge in [0.15, 0.2) is 0 Å². The minimum atomic E-state index is -1.77. The van der Waals surface area contributed by atoms with Crippen LogP contribution in [0, 0.1) is 0 Å². The van der Waals surface area contributed by atoms with Crippen molar-refractivity contribution in [3.05, 3.63) is 35.9 Å². The maximum absolute atomic E-state index is 11.3. The molecule has 6 heteroatoms. The minimum absolute atomic E-state index is 0.184. The van der Waals surface area contributed by atoms with Gasteiger partial charge in [-0.15, -0.1) is 0 Å². The molecule has 0 spiro atoms. The van der Waals surface area contributed by atoms with Crippen LogP contribution in [0.3, 0.4) is 0 Å². The van der Waals surface area contributed by atoms with Crippen LogP contribution in [-0.2, 0) is 31.6 Å². The van der Waals surface area contributed by atoms with Crippen LogP contribution in [0.25, 0.3) is 0 Å². The molecule has 0 heterocycles. The Morgan fingerprint density at radius 2 is 2.00 bits per heavy atom. The van der Waals surface area contributed by atoms with Gasteiger partial charge < -0.3 is 4.74 Å². The summed E-state index contributed by atoms with van der Waals surface area (Å²) in [6, 6.07) is 9.43. The maximum Gasteiger partial charge on any atom is 0.306 e. The van der Waals surface area contributed by atoms with E-state index >= 15 is 0 Å². The predicted octanol–water partition coefficient (Wildman–Crippen LogP) is 1.06. The van der Waals surface area contributed by atoms with Gasteiger partial charge in [-0.1, -0.05) is 30.3 Å². The molecule has 0 aliphatic carbocycles. The van der Waals surface area contributed by atoms with E-state index in [4.69, 9.17) is 9.88 Å². The number of carbonyl (C=O) groups is 1. The van der Waals surface area contributed by atoms with Crippen molar-refractivity contribution in [2.45, 2.75) is 19.4 Å². The van der Waals surface area contributed by atoms with Gasteiger partial charge in [-0.3, -0.25) is 8.98 Å². The molecule has 5 nitrogen and oxygen atoms in total. The molecule has 1 aromatic carbocycles. The van der Waals surface area contributed by atoms with Crippen molar-refractivity contribution in [2.75, 3.05) is 6.61 Å². The predicted molar refractivity (Wildman–Crippen MR) is 63.8 cm³/mol. The van der Waals surface area contributed by atoms with Crippen molar-refractivity contribution in [1.29, 1.82) is 0 Å². The summed E-state index contributed by atoms with van der Waals surface area (Å²) in [5, 5.41) is 4.88. The van der Waals surface area contributed by atoms with E-state index in [1.165, 1.54) is 0 Å². The fourth-order valence-electron chi connectivity index (χ4n) is 1.17. The molecular formula is C11H15NO4S. The highest BCUT2D eigenvalue weighted by molar-refractivity contribution is 7.77. The van der Waals surface area contributed by atoms with E-state index in [0.29, 0.717) is 6.42 Å². The SMILES string of the molecule is NS(=O)OCCCC(=O)OCc1ccccc1. The fraction of sp³-hybridized carbons (Fsp3) is 0.364. The van der Waals surface area contributed by atoms with Crippen LogP contribution in [0.5, 0.6) is 0 Å². The summed E-state index contributed by atoms with van der Waals surface area (Å²) < 4.78 is 20.0. The number of ether oxygens (including phenoxy) is 1. The summed E-state index contributed by atoms with van der Waals surface area (Å²) in [5.74, 6) is -0.305. The van der Waals surface area contributed by atoms with Crippen molar-refractivity contribution < 1.29 is 17.9 Å². The van der Waals surface area contributed by atoms with E-state index < -0.39 is 11.3 Å². The van der Waals surface area contributed by atoms with Gasteiger partial charge in [0, 0.05) is 6.42 Å². The van der Waals surface area contributed by atoms with Crippen LogP contribution in [0.2, 0.25) is 0 Å². The van der Waals surface area contributed by atoms with E-state index in [-0.39, 0.29) is 25.6 Å². The molecule has 0 aliphatic rings. The standard InChI is InChI=1S/C11H15NO4S/c12-17(14)16-8-4-7-11(13)15-9-10-5-2-1-3-6-10/h1-3,5-6H,4,7-9,12H2. The third-order valence-electron chi connectivity index (χ3n) is 1.97. The van der Waals surface area contributed by atoms with E-state index in [1.807, 2.05) is 30.3 Å². The number of hydrogen-bond donors (Lipinski definition) is 1. The summed E-state index contributed by atoms with van der Waals surface area (Å²) in [7, 11) is 0. The maximum atomic E-state index is 11.3. The molecule has 2 N–H and O–H groups in total. The summed E-state index contributed by atoms with van der Waals surface area (Å²) in [6.45, 7) is 0.451. The molecule has 0 bridgehead atoms. The Morgan fingerprint density at radius 3 is 2.65 bits per heavy atom. The lowest BCUT2D eigenvalue weighted by atomic mass is 10.2. The van der Waals surface area contributed by atoms with Crippen molar-refractivity contribution in [3.63, 3.8) is 0 Å². The first-order valence-corrected chi connectivity index (χ1v) is 6.31. The first-order valence-electron chi connectivity index (χ1n) is 5.17. The van der Waals surface area contributed by atoms with Crippen molar-refractivity contribution in [3.8, 4) is 0 Å². The highest BCUT2D eigenvalue weighted by Crippen LogP contribution is 2.02. The van der Waals surface area contributed by atoms with E-state index in [2.05, 4.69) is 4.18 Å². The lowest BCUT2D eigenvalue weighted by Crippen LogP contribution is -2.10. The second-order valence-corrected chi connectivity index (χ2v) is 4.09. The van der Waals surface area contributed by atoms with Gasteiger partial charge >= 0.3 is 5.97 Å². The summed E-state index contributed by atoms with van der Waals surface area (Å²) in [6.07, 6.45) is 0.667. The van der Waals surface area contributed by atoms with Gasteiger partial charge in [-0.05, 0) is 12.0 Å². The molecule has 0 fully saturated rings. The van der Waals surface area contributed by atoms with Gasteiger partial charge in [0.2, 0.25) is 11.3 Å². The molecule has 0 radical (unpaired) electrons. The molecular weight excluding hydrogens is 242 g/mol. The molecule has 17 heavy (non-hydrogen) atoms. The highest BCUT2D eigenvalue weighted by atomic mass is 32.2. The summed E-state index contributed by atoms with van der Waals surface area (Å²) in [4.78, 5) is 11.3. The van der Waals surface area contributed by atoms with E-state index in [1.54, 1.807) is 0 Å². The number of esters is 1. The third-order valence-corrected chi connectivity index (χ3v) is 2.37. The number of nitrogens with two attached hydrogens (primary N) is 1. The Bertz CT molecular complexity index is 369. The molecule has 0 aromatic heterocycles. The Hall–Kier alpha value is -1.24. The van der Waals surface area contributed by atoms with Gasteiger partial charge in [0.1, 0.15) is 6.61 Å². The number of benzene rings is 1. The zero-order valence-corrected chi connectivity index (χ0v) is 10.2. The summed E-state index contributed by atoms with van der Waals surface area (Å²) >= 11 is -1.77. The first kappa shape index (κ1) is 13.8. The average Bonchev–Trinajstić information content (AvgIpc) is 2.33. The molecule has 0 amide bonds. The van der Waals surface area contributed by atoms with Crippen LogP contribution >= 0.6 is 0 Å². The molecule has 1 atom stereocenters. The molecule has 0 aliphatic heterocycles. The minimum Gasteiger partial charge on any atom is -0.461 e. The van der Waals surface area contributed by atoms with Crippen LogP contribution in [0.4, 0.5) is 0 Å². The monoisotopic (exact) mass is 257 g/mol. The third kappa shape index (κ3) is 6.83. The average molecular weight is 257 g/mol. The number of carbonyl (C=O) groups excluding carboxylic acids is 1.